The molecule has 0 nitrogen and oxygen atoms in total. The smallest absolute Gasteiger partial charge is 0.0244 e. The molecule has 0 aliphatic carbocycles. The minimum Gasteiger partial charge on any atom is -0.147 e. The Balaban J connectivity index is 0.00000180. The standard InChI is InChI=1S/C17H21P.ClH/c1-18-14-17(12-15-8-4-2-5-9-15)13-16-10-6-3-7-11-16;/h2-11,17-18H,12-14H2,1H3;1H. The van der Waals surface area contributed by atoms with E-state index in [1.807, 2.05) is 0 Å². The second-order valence-corrected chi connectivity index (χ2v) is 5.92. The lowest BCUT2D eigenvalue weighted by atomic mass is 9.94. The summed E-state index contributed by atoms with van der Waals surface area (Å²) in [6.45, 7) is 2.31. The molecule has 2 aromatic rings. The van der Waals surface area contributed by atoms with Crippen LogP contribution in [0.1, 0.15) is 11.1 Å². The first kappa shape index (κ1) is 16.2. The zero-order chi connectivity index (χ0) is 12.6. The average molecular weight is 293 g/mol. The minimum absolute atomic E-state index is 0. The van der Waals surface area contributed by atoms with E-state index < -0.39 is 0 Å². The van der Waals surface area contributed by atoms with E-state index in [0.29, 0.717) is 0 Å². The van der Waals surface area contributed by atoms with Gasteiger partial charge in [0.2, 0.25) is 0 Å². The molecule has 0 aliphatic rings. The molecule has 0 bridgehead atoms. The lowest BCUT2D eigenvalue weighted by Gasteiger charge is -2.16. The molecular weight excluding hydrogens is 271 g/mol. The van der Waals surface area contributed by atoms with Crippen molar-refractivity contribution in [1.29, 1.82) is 0 Å². The largest absolute Gasteiger partial charge is 0.147 e. The molecular formula is C17H22ClP. The van der Waals surface area contributed by atoms with Crippen molar-refractivity contribution in [2.75, 3.05) is 12.8 Å². The summed E-state index contributed by atoms with van der Waals surface area (Å²) >= 11 is 0. The monoisotopic (exact) mass is 292 g/mol. The van der Waals surface area contributed by atoms with E-state index in [2.05, 4.69) is 67.3 Å². The summed E-state index contributed by atoms with van der Waals surface area (Å²) < 4.78 is 0. The van der Waals surface area contributed by atoms with Gasteiger partial charge >= 0.3 is 0 Å². The summed E-state index contributed by atoms with van der Waals surface area (Å²) in [4.78, 5) is 0. The predicted octanol–water partition coefficient (Wildman–Crippen LogP) is 4.82. The fourth-order valence-corrected chi connectivity index (χ4v) is 3.27. The highest BCUT2D eigenvalue weighted by Gasteiger charge is 2.09. The van der Waals surface area contributed by atoms with Gasteiger partial charge in [-0.05, 0) is 42.7 Å². The molecule has 0 amide bonds. The van der Waals surface area contributed by atoms with Crippen molar-refractivity contribution in [3.63, 3.8) is 0 Å². The van der Waals surface area contributed by atoms with Crippen molar-refractivity contribution >= 4 is 21.0 Å². The van der Waals surface area contributed by atoms with Crippen molar-refractivity contribution in [3.05, 3.63) is 71.8 Å². The molecule has 0 radical (unpaired) electrons. The lowest BCUT2D eigenvalue weighted by Crippen LogP contribution is -2.10. The second-order valence-electron chi connectivity index (χ2n) is 4.80. The zero-order valence-electron chi connectivity index (χ0n) is 11.4. The molecule has 0 saturated heterocycles. The van der Waals surface area contributed by atoms with E-state index in [0.717, 1.165) is 14.5 Å². The number of hydrogen-bond acceptors (Lipinski definition) is 0. The number of hydrogen-bond donors (Lipinski definition) is 0. The quantitative estimate of drug-likeness (QED) is 0.670. The van der Waals surface area contributed by atoms with Gasteiger partial charge in [-0.1, -0.05) is 60.7 Å². The summed E-state index contributed by atoms with van der Waals surface area (Å²) in [6.07, 6.45) is 3.75. The van der Waals surface area contributed by atoms with Gasteiger partial charge in [0.15, 0.2) is 0 Å². The second kappa shape index (κ2) is 9.13. The van der Waals surface area contributed by atoms with Gasteiger partial charge in [0, 0.05) is 0 Å². The SMILES string of the molecule is CPCC(Cc1ccccc1)Cc1ccccc1.Cl. The van der Waals surface area contributed by atoms with Gasteiger partial charge in [-0.25, -0.2) is 0 Å². The van der Waals surface area contributed by atoms with Gasteiger partial charge in [-0.15, -0.1) is 21.0 Å². The van der Waals surface area contributed by atoms with E-state index in [4.69, 9.17) is 0 Å². The minimum atomic E-state index is 0. The van der Waals surface area contributed by atoms with Crippen LogP contribution in [0.25, 0.3) is 0 Å². The summed E-state index contributed by atoms with van der Waals surface area (Å²) in [5.41, 5.74) is 2.94. The van der Waals surface area contributed by atoms with E-state index in [1.54, 1.807) is 0 Å². The maximum Gasteiger partial charge on any atom is -0.0244 e. The molecule has 2 aromatic carbocycles. The molecule has 0 fully saturated rings. The maximum atomic E-state index is 2.31. The molecule has 1 atom stereocenters. The molecule has 0 aromatic heterocycles. The molecule has 0 saturated carbocycles. The third-order valence-corrected chi connectivity index (χ3v) is 4.21. The highest BCUT2D eigenvalue weighted by Crippen LogP contribution is 2.20. The van der Waals surface area contributed by atoms with Crippen LogP contribution in [-0.2, 0) is 12.8 Å². The Morgan fingerprint density at radius 2 is 1.21 bits per heavy atom. The van der Waals surface area contributed by atoms with Gasteiger partial charge in [0.05, 0.1) is 0 Å². The first-order valence-electron chi connectivity index (χ1n) is 6.61. The van der Waals surface area contributed by atoms with Gasteiger partial charge in [-0.2, -0.15) is 0 Å². The maximum absolute atomic E-state index is 2.31. The fourth-order valence-electron chi connectivity index (χ4n) is 2.40. The number of halogens is 1. The number of rotatable bonds is 6. The number of benzene rings is 2. The Morgan fingerprint density at radius 3 is 1.58 bits per heavy atom. The summed E-state index contributed by atoms with van der Waals surface area (Å²) in [5.74, 6) is 0.776. The third-order valence-electron chi connectivity index (χ3n) is 3.23. The first-order valence-corrected chi connectivity index (χ1v) is 8.31. The van der Waals surface area contributed by atoms with Gasteiger partial charge < -0.3 is 0 Å². The lowest BCUT2D eigenvalue weighted by molar-refractivity contribution is 0.586. The van der Waals surface area contributed by atoms with Crippen molar-refractivity contribution in [3.8, 4) is 0 Å². The van der Waals surface area contributed by atoms with Crippen molar-refractivity contribution in [2.24, 2.45) is 5.92 Å². The Morgan fingerprint density at radius 1 is 0.789 bits per heavy atom. The van der Waals surface area contributed by atoms with Gasteiger partial charge in [0.1, 0.15) is 0 Å². The topological polar surface area (TPSA) is 0 Å². The highest BCUT2D eigenvalue weighted by atomic mass is 35.5. The average Bonchev–Trinajstić information content (AvgIpc) is 2.41. The van der Waals surface area contributed by atoms with Crippen molar-refractivity contribution < 1.29 is 0 Å². The predicted molar refractivity (Wildman–Crippen MR) is 90.1 cm³/mol. The van der Waals surface area contributed by atoms with Crippen LogP contribution < -0.4 is 0 Å². The summed E-state index contributed by atoms with van der Waals surface area (Å²) in [5, 5.41) is 0. The summed E-state index contributed by atoms with van der Waals surface area (Å²) in [7, 11) is 1.04. The van der Waals surface area contributed by atoms with Crippen molar-refractivity contribution in [1.82, 2.24) is 0 Å². The molecule has 0 heterocycles. The molecule has 2 rings (SSSR count). The molecule has 19 heavy (non-hydrogen) atoms. The van der Waals surface area contributed by atoms with Crippen LogP contribution >= 0.6 is 21.0 Å². The summed E-state index contributed by atoms with van der Waals surface area (Å²) in [6, 6.07) is 21.7. The highest BCUT2D eigenvalue weighted by molar-refractivity contribution is 7.36. The van der Waals surface area contributed by atoms with Crippen LogP contribution in [0, 0.1) is 5.92 Å². The van der Waals surface area contributed by atoms with E-state index in [-0.39, 0.29) is 12.4 Å². The van der Waals surface area contributed by atoms with Crippen LogP contribution in [0.15, 0.2) is 60.7 Å². The Labute approximate surface area is 124 Å². The van der Waals surface area contributed by atoms with E-state index >= 15 is 0 Å². The van der Waals surface area contributed by atoms with E-state index in [1.165, 1.54) is 30.1 Å². The van der Waals surface area contributed by atoms with Crippen LogP contribution in [0.3, 0.4) is 0 Å². The normalized spacial score (nSPS) is 10.8. The molecule has 102 valence electrons. The Kier molecular flexibility index (Phi) is 7.79. The molecule has 0 N–H and O–H groups in total. The fraction of sp³-hybridized carbons (Fsp3) is 0.294. The van der Waals surface area contributed by atoms with Crippen LogP contribution in [0.2, 0.25) is 0 Å². The molecule has 0 spiro atoms. The first-order chi connectivity index (χ1) is 8.88. The van der Waals surface area contributed by atoms with Crippen LogP contribution in [0.5, 0.6) is 0 Å². The third kappa shape index (κ3) is 5.76. The van der Waals surface area contributed by atoms with E-state index in [9.17, 15) is 0 Å². The van der Waals surface area contributed by atoms with Crippen LogP contribution in [-0.4, -0.2) is 12.8 Å². The van der Waals surface area contributed by atoms with Crippen LogP contribution in [0.4, 0.5) is 0 Å². The van der Waals surface area contributed by atoms with Gasteiger partial charge in [0.25, 0.3) is 0 Å². The Hall–Kier alpha value is -0.840. The van der Waals surface area contributed by atoms with Crippen molar-refractivity contribution in [2.45, 2.75) is 12.8 Å². The zero-order valence-corrected chi connectivity index (χ0v) is 13.2. The molecule has 1 unspecified atom stereocenters. The van der Waals surface area contributed by atoms with Gasteiger partial charge in [-0.3, -0.25) is 0 Å². The molecule has 2 heteroatoms. The molecule has 0 aliphatic heterocycles. The Bertz CT molecular complexity index is 400.